The number of benzene rings is 9. The van der Waals surface area contributed by atoms with Gasteiger partial charge in [0.05, 0.1) is 11.4 Å². The van der Waals surface area contributed by atoms with Crippen molar-refractivity contribution in [3.63, 3.8) is 0 Å². The van der Waals surface area contributed by atoms with Crippen LogP contribution in [0.2, 0.25) is 0 Å². The molecular formula is C59H42N4O2. The second-order valence-corrected chi connectivity index (χ2v) is 17.1. The molecule has 0 N–H and O–H groups in total. The van der Waals surface area contributed by atoms with Gasteiger partial charge >= 0.3 is 0 Å². The Morgan fingerprint density at radius 1 is 0.385 bits per heavy atom. The molecule has 11 aromatic rings. The molecule has 0 aliphatic carbocycles. The Kier molecular flexibility index (Phi) is 9.05. The van der Waals surface area contributed by atoms with Gasteiger partial charge in [0.1, 0.15) is 11.0 Å². The van der Waals surface area contributed by atoms with Crippen LogP contribution in [0.1, 0.15) is 25.0 Å². The van der Waals surface area contributed by atoms with Crippen molar-refractivity contribution in [1.82, 2.24) is 9.97 Å². The molecule has 6 nitrogen and oxygen atoms in total. The molecule has 0 saturated heterocycles. The van der Waals surface area contributed by atoms with E-state index >= 15 is 0 Å². The Balaban J connectivity index is 0.889. The van der Waals surface area contributed by atoms with E-state index in [2.05, 4.69) is 194 Å². The highest BCUT2D eigenvalue weighted by Gasteiger charge is 2.37. The SMILES string of the molecule is CC1(C)c2ccccc2N(c2cccc(-c3cccc(-c4cccc(N(c5ccccc5)c5ccc(-c6nc7ccccc7o6)cc5)c4)c3)c2)c2ccc(-c3nc4ccccc4o3)cc21. The standard InChI is InChI=1S/C59H42N4O2/c1-59(2)49-23-6-9-26-53(49)63(54-34-31-44(38-50(54)59)58-61-52-25-8-11-28-56(52)65-58)48-22-14-18-43(37-48)41-16-12-15-40(35-41)42-17-13-21-47(36-42)62(45-19-4-3-5-20-45)46-32-29-39(30-33-46)57-60-51-24-7-10-27-55(51)64-57/h3-38H,1-2H3. The molecule has 2 aromatic heterocycles. The minimum Gasteiger partial charge on any atom is -0.436 e. The third kappa shape index (κ3) is 6.75. The Hall–Kier alpha value is -8.48. The minimum atomic E-state index is -0.266. The highest BCUT2D eigenvalue weighted by Crippen LogP contribution is 2.53. The quantitative estimate of drug-likeness (QED) is 0.152. The molecule has 1 aliphatic rings. The first-order valence-corrected chi connectivity index (χ1v) is 22.0. The number of oxazole rings is 2. The van der Waals surface area contributed by atoms with Crippen molar-refractivity contribution < 1.29 is 8.83 Å². The molecule has 0 spiro atoms. The van der Waals surface area contributed by atoms with Gasteiger partial charge in [0.15, 0.2) is 11.2 Å². The smallest absolute Gasteiger partial charge is 0.227 e. The highest BCUT2D eigenvalue weighted by molar-refractivity contribution is 5.90. The van der Waals surface area contributed by atoms with Gasteiger partial charge in [-0.1, -0.05) is 117 Å². The van der Waals surface area contributed by atoms with Gasteiger partial charge in [0, 0.05) is 39.3 Å². The molecule has 9 aromatic carbocycles. The third-order valence-electron chi connectivity index (χ3n) is 12.7. The van der Waals surface area contributed by atoms with E-state index in [1.54, 1.807) is 0 Å². The first-order valence-electron chi connectivity index (χ1n) is 22.0. The van der Waals surface area contributed by atoms with Crippen LogP contribution in [0.5, 0.6) is 0 Å². The fraction of sp³-hybridized carbons (Fsp3) is 0.0508. The maximum Gasteiger partial charge on any atom is 0.227 e. The van der Waals surface area contributed by atoms with E-state index in [0.717, 1.165) is 84.0 Å². The van der Waals surface area contributed by atoms with Gasteiger partial charge in [-0.3, -0.25) is 0 Å². The number of rotatable bonds is 8. The maximum absolute atomic E-state index is 6.25. The molecule has 0 amide bonds. The number of anilines is 6. The zero-order valence-electron chi connectivity index (χ0n) is 35.9. The minimum absolute atomic E-state index is 0.266. The summed E-state index contributed by atoms with van der Waals surface area (Å²) in [5.74, 6) is 1.24. The summed E-state index contributed by atoms with van der Waals surface area (Å²) in [5.41, 5.74) is 18.5. The van der Waals surface area contributed by atoms with Crippen LogP contribution in [0, 0.1) is 0 Å². The van der Waals surface area contributed by atoms with Gasteiger partial charge in [0.25, 0.3) is 0 Å². The Labute approximate surface area is 377 Å². The zero-order chi connectivity index (χ0) is 43.5. The zero-order valence-corrected chi connectivity index (χ0v) is 35.9. The van der Waals surface area contributed by atoms with Crippen LogP contribution < -0.4 is 9.80 Å². The van der Waals surface area contributed by atoms with E-state index in [-0.39, 0.29) is 5.41 Å². The Morgan fingerprint density at radius 2 is 0.908 bits per heavy atom. The largest absolute Gasteiger partial charge is 0.436 e. The van der Waals surface area contributed by atoms with Crippen LogP contribution in [-0.4, -0.2) is 9.97 Å². The first-order chi connectivity index (χ1) is 31.9. The molecule has 0 atom stereocenters. The van der Waals surface area contributed by atoms with E-state index in [4.69, 9.17) is 18.8 Å². The average Bonchev–Trinajstić information content (AvgIpc) is 4.01. The van der Waals surface area contributed by atoms with Crippen LogP contribution in [0.4, 0.5) is 34.1 Å². The second-order valence-electron chi connectivity index (χ2n) is 17.1. The van der Waals surface area contributed by atoms with Crippen molar-refractivity contribution in [3.8, 4) is 45.2 Å². The van der Waals surface area contributed by atoms with E-state index in [0.29, 0.717) is 11.8 Å². The summed E-state index contributed by atoms with van der Waals surface area (Å²) >= 11 is 0. The van der Waals surface area contributed by atoms with Crippen LogP contribution in [0.15, 0.2) is 227 Å². The van der Waals surface area contributed by atoms with E-state index in [9.17, 15) is 0 Å². The molecule has 0 radical (unpaired) electrons. The molecule has 6 heteroatoms. The number of hydrogen-bond acceptors (Lipinski definition) is 6. The lowest BCUT2D eigenvalue weighted by molar-refractivity contribution is 0.615. The summed E-state index contributed by atoms with van der Waals surface area (Å²) in [5, 5.41) is 0. The van der Waals surface area contributed by atoms with E-state index in [1.807, 2.05) is 48.5 Å². The monoisotopic (exact) mass is 838 g/mol. The Bertz CT molecular complexity index is 3480. The normalized spacial score (nSPS) is 12.9. The van der Waals surface area contributed by atoms with E-state index in [1.165, 1.54) is 16.8 Å². The molecule has 310 valence electrons. The van der Waals surface area contributed by atoms with Gasteiger partial charge in [-0.2, -0.15) is 0 Å². The van der Waals surface area contributed by atoms with Gasteiger partial charge in [-0.05, 0) is 149 Å². The molecule has 0 unspecified atom stereocenters. The van der Waals surface area contributed by atoms with Gasteiger partial charge in [-0.25, -0.2) is 9.97 Å². The fourth-order valence-electron chi connectivity index (χ4n) is 9.41. The van der Waals surface area contributed by atoms with Gasteiger partial charge < -0.3 is 18.6 Å². The molecule has 0 bridgehead atoms. The predicted molar refractivity (Wildman–Crippen MR) is 265 cm³/mol. The molecule has 3 heterocycles. The maximum atomic E-state index is 6.25. The number of aromatic nitrogens is 2. The van der Waals surface area contributed by atoms with Crippen molar-refractivity contribution in [1.29, 1.82) is 0 Å². The predicted octanol–water partition coefficient (Wildman–Crippen LogP) is 16.2. The van der Waals surface area contributed by atoms with Gasteiger partial charge in [-0.15, -0.1) is 0 Å². The number of fused-ring (bicyclic) bond motifs is 4. The average molecular weight is 839 g/mol. The molecular weight excluding hydrogens is 797 g/mol. The van der Waals surface area contributed by atoms with Crippen molar-refractivity contribution in [2.45, 2.75) is 19.3 Å². The first kappa shape index (κ1) is 38.2. The van der Waals surface area contributed by atoms with Crippen molar-refractivity contribution in [2.24, 2.45) is 0 Å². The van der Waals surface area contributed by atoms with Crippen molar-refractivity contribution in [2.75, 3.05) is 9.80 Å². The second kappa shape index (κ2) is 15.4. The molecule has 0 fully saturated rings. The van der Waals surface area contributed by atoms with Crippen molar-refractivity contribution >= 4 is 56.3 Å². The summed E-state index contributed by atoms with van der Waals surface area (Å²) < 4.78 is 12.4. The summed E-state index contributed by atoms with van der Waals surface area (Å²) in [6, 6.07) is 76.6. The Morgan fingerprint density at radius 3 is 1.62 bits per heavy atom. The lowest BCUT2D eigenvalue weighted by Crippen LogP contribution is -2.30. The molecule has 65 heavy (non-hydrogen) atoms. The molecule has 1 aliphatic heterocycles. The lowest BCUT2D eigenvalue weighted by atomic mass is 9.73. The van der Waals surface area contributed by atoms with Crippen LogP contribution in [0.3, 0.4) is 0 Å². The highest BCUT2D eigenvalue weighted by atomic mass is 16.4. The number of nitrogens with zero attached hydrogens (tertiary/aromatic N) is 4. The van der Waals surface area contributed by atoms with Gasteiger partial charge in [0.2, 0.25) is 11.8 Å². The number of para-hydroxylation sites is 6. The molecule has 0 saturated carbocycles. The van der Waals surface area contributed by atoms with Crippen molar-refractivity contribution in [3.05, 3.63) is 230 Å². The summed E-state index contributed by atoms with van der Waals surface area (Å²) in [6.07, 6.45) is 0. The summed E-state index contributed by atoms with van der Waals surface area (Å²) in [6.45, 7) is 4.62. The lowest BCUT2D eigenvalue weighted by Gasteiger charge is -2.42. The van der Waals surface area contributed by atoms with Crippen LogP contribution >= 0.6 is 0 Å². The van der Waals surface area contributed by atoms with E-state index < -0.39 is 0 Å². The number of hydrogen-bond donors (Lipinski definition) is 0. The summed E-state index contributed by atoms with van der Waals surface area (Å²) in [4.78, 5) is 14.3. The van der Waals surface area contributed by atoms with Crippen LogP contribution in [-0.2, 0) is 5.41 Å². The third-order valence-corrected chi connectivity index (χ3v) is 12.7. The summed E-state index contributed by atoms with van der Waals surface area (Å²) in [7, 11) is 0. The molecule has 12 rings (SSSR count). The fourth-order valence-corrected chi connectivity index (χ4v) is 9.41. The topological polar surface area (TPSA) is 58.5 Å². The van der Waals surface area contributed by atoms with Crippen LogP contribution in [0.25, 0.3) is 67.4 Å².